The number of thiocarbonyl (C=S) groups is 1. The molecule has 32 heavy (non-hydrogen) atoms. The van der Waals surface area contributed by atoms with Crippen molar-refractivity contribution in [3.63, 3.8) is 0 Å². The van der Waals surface area contributed by atoms with E-state index >= 15 is 0 Å². The monoisotopic (exact) mass is 491 g/mol. The minimum absolute atomic E-state index is 0.0921. The molecule has 0 saturated carbocycles. The highest BCUT2D eigenvalue weighted by Crippen LogP contribution is 2.39. The number of carbonyl (C=O) groups is 1. The third-order valence-corrected chi connectivity index (χ3v) is 6.36. The number of thioether (sulfide) groups is 1. The molecule has 0 aromatic heterocycles. The predicted molar refractivity (Wildman–Crippen MR) is 135 cm³/mol. The van der Waals surface area contributed by atoms with Gasteiger partial charge in [-0.3, -0.25) is 9.69 Å². The average molecular weight is 492 g/mol. The number of rotatable bonds is 10. The summed E-state index contributed by atoms with van der Waals surface area (Å²) in [7, 11) is 0. The molecular formula is C24H26ClNO4S2. The summed E-state index contributed by atoms with van der Waals surface area (Å²) in [6.07, 6.45) is 2.47. The second-order valence-electron chi connectivity index (χ2n) is 7.00. The highest BCUT2D eigenvalue weighted by atomic mass is 35.5. The Morgan fingerprint density at radius 2 is 1.84 bits per heavy atom. The van der Waals surface area contributed by atoms with Crippen LogP contribution in [0.1, 0.15) is 31.4 Å². The van der Waals surface area contributed by atoms with Crippen molar-refractivity contribution < 1.29 is 19.0 Å². The van der Waals surface area contributed by atoms with Crippen LogP contribution in [0.15, 0.2) is 41.3 Å². The predicted octanol–water partition coefficient (Wildman–Crippen LogP) is 6.12. The SMILES string of the molecule is CCOc1cc(/C=C2\SC(=S)N(CC)C2=O)cc(Cl)c1OCCCOc1ccccc1C. The Morgan fingerprint density at radius 3 is 2.53 bits per heavy atom. The van der Waals surface area contributed by atoms with Crippen LogP contribution in [0, 0.1) is 6.92 Å². The van der Waals surface area contributed by atoms with E-state index in [9.17, 15) is 4.79 Å². The van der Waals surface area contributed by atoms with Crippen LogP contribution in [0.3, 0.4) is 0 Å². The summed E-state index contributed by atoms with van der Waals surface area (Å²) >= 11 is 13.1. The lowest BCUT2D eigenvalue weighted by molar-refractivity contribution is -0.121. The van der Waals surface area contributed by atoms with E-state index in [0.717, 1.165) is 16.9 Å². The fourth-order valence-electron chi connectivity index (χ4n) is 3.13. The maximum Gasteiger partial charge on any atom is 0.266 e. The lowest BCUT2D eigenvalue weighted by Crippen LogP contribution is -2.27. The molecule has 1 amide bonds. The number of aryl methyl sites for hydroxylation is 1. The summed E-state index contributed by atoms with van der Waals surface area (Å²) in [5.74, 6) is 1.81. The summed E-state index contributed by atoms with van der Waals surface area (Å²) in [6, 6.07) is 11.5. The van der Waals surface area contributed by atoms with Gasteiger partial charge in [-0.2, -0.15) is 0 Å². The number of carbonyl (C=O) groups excluding carboxylic acids is 1. The first-order chi connectivity index (χ1) is 15.4. The number of benzene rings is 2. The van der Waals surface area contributed by atoms with Crippen molar-refractivity contribution in [3.8, 4) is 17.2 Å². The number of likely N-dealkylation sites (N-methyl/N-ethyl adjacent to an activating group) is 1. The first kappa shape index (κ1) is 24.4. The Hall–Kier alpha value is -2.22. The van der Waals surface area contributed by atoms with Crippen molar-refractivity contribution in [3.05, 3.63) is 57.5 Å². The number of hydrogen-bond donors (Lipinski definition) is 0. The van der Waals surface area contributed by atoms with Crippen LogP contribution in [-0.4, -0.2) is 41.5 Å². The van der Waals surface area contributed by atoms with Gasteiger partial charge in [-0.05, 0) is 56.2 Å². The van der Waals surface area contributed by atoms with Crippen molar-refractivity contribution in [1.82, 2.24) is 4.90 Å². The van der Waals surface area contributed by atoms with E-state index < -0.39 is 0 Å². The van der Waals surface area contributed by atoms with Gasteiger partial charge in [0.15, 0.2) is 11.5 Å². The zero-order valence-electron chi connectivity index (χ0n) is 18.4. The Morgan fingerprint density at radius 1 is 1.09 bits per heavy atom. The molecule has 2 aromatic rings. The first-order valence-corrected chi connectivity index (χ1v) is 12.1. The van der Waals surface area contributed by atoms with Crippen LogP contribution in [0.2, 0.25) is 5.02 Å². The van der Waals surface area contributed by atoms with Crippen LogP contribution < -0.4 is 14.2 Å². The van der Waals surface area contributed by atoms with Crippen LogP contribution in [-0.2, 0) is 4.79 Å². The third-order valence-electron chi connectivity index (χ3n) is 4.71. The fraction of sp³-hybridized carbons (Fsp3) is 0.333. The molecule has 0 radical (unpaired) electrons. The maximum absolute atomic E-state index is 12.5. The molecule has 1 saturated heterocycles. The number of halogens is 1. The molecule has 1 heterocycles. The highest BCUT2D eigenvalue weighted by Gasteiger charge is 2.30. The van der Waals surface area contributed by atoms with Gasteiger partial charge in [0.05, 0.1) is 29.7 Å². The van der Waals surface area contributed by atoms with Gasteiger partial charge in [-0.1, -0.05) is 53.8 Å². The molecule has 0 aliphatic carbocycles. The van der Waals surface area contributed by atoms with Crippen LogP contribution in [0.25, 0.3) is 6.08 Å². The largest absolute Gasteiger partial charge is 0.493 e. The molecule has 0 spiro atoms. The number of amides is 1. The average Bonchev–Trinajstić information content (AvgIpc) is 3.03. The van der Waals surface area contributed by atoms with E-state index in [2.05, 4.69) is 0 Å². The van der Waals surface area contributed by atoms with Crippen molar-refractivity contribution in [2.75, 3.05) is 26.4 Å². The van der Waals surface area contributed by atoms with Crippen molar-refractivity contribution in [1.29, 1.82) is 0 Å². The summed E-state index contributed by atoms with van der Waals surface area (Å²) in [6.45, 7) is 7.78. The van der Waals surface area contributed by atoms with Gasteiger partial charge in [0.25, 0.3) is 5.91 Å². The lowest BCUT2D eigenvalue weighted by atomic mass is 10.1. The molecule has 1 aliphatic heterocycles. The Labute approximate surface area is 203 Å². The highest BCUT2D eigenvalue weighted by molar-refractivity contribution is 8.26. The zero-order chi connectivity index (χ0) is 23.1. The molecule has 5 nitrogen and oxygen atoms in total. The van der Waals surface area contributed by atoms with Crippen LogP contribution in [0.4, 0.5) is 0 Å². The van der Waals surface area contributed by atoms with Crippen LogP contribution in [0.5, 0.6) is 17.2 Å². The maximum atomic E-state index is 12.5. The summed E-state index contributed by atoms with van der Waals surface area (Å²) < 4.78 is 18.1. The lowest BCUT2D eigenvalue weighted by Gasteiger charge is -2.15. The topological polar surface area (TPSA) is 48.0 Å². The second-order valence-corrected chi connectivity index (χ2v) is 9.09. The van der Waals surface area contributed by atoms with Gasteiger partial charge >= 0.3 is 0 Å². The van der Waals surface area contributed by atoms with Gasteiger partial charge in [0.1, 0.15) is 10.1 Å². The van der Waals surface area contributed by atoms with Crippen LogP contribution >= 0.6 is 35.6 Å². The smallest absolute Gasteiger partial charge is 0.266 e. The zero-order valence-corrected chi connectivity index (χ0v) is 20.7. The Bertz CT molecular complexity index is 1030. The van der Waals surface area contributed by atoms with E-state index in [1.807, 2.05) is 51.1 Å². The summed E-state index contributed by atoms with van der Waals surface area (Å²) in [5, 5.41) is 0.424. The molecule has 1 fully saturated rings. The van der Waals surface area contributed by atoms with Gasteiger partial charge < -0.3 is 14.2 Å². The van der Waals surface area contributed by atoms with Crippen molar-refractivity contribution in [2.45, 2.75) is 27.2 Å². The normalized spacial score (nSPS) is 14.9. The minimum atomic E-state index is -0.0921. The van der Waals surface area contributed by atoms with Gasteiger partial charge in [-0.25, -0.2) is 0 Å². The number of nitrogens with zero attached hydrogens (tertiary/aromatic N) is 1. The van der Waals surface area contributed by atoms with E-state index in [-0.39, 0.29) is 5.91 Å². The minimum Gasteiger partial charge on any atom is -0.493 e. The molecule has 2 aromatic carbocycles. The summed E-state index contributed by atoms with van der Waals surface area (Å²) in [5.41, 5.74) is 1.85. The van der Waals surface area contributed by atoms with Gasteiger partial charge in [0, 0.05) is 13.0 Å². The Kier molecular flexibility index (Phi) is 8.84. The van der Waals surface area contributed by atoms with E-state index in [4.69, 9.17) is 38.0 Å². The van der Waals surface area contributed by atoms with E-state index in [0.29, 0.717) is 58.5 Å². The number of hydrogen-bond acceptors (Lipinski definition) is 6. The van der Waals surface area contributed by atoms with Gasteiger partial charge in [0.2, 0.25) is 0 Å². The van der Waals surface area contributed by atoms with Crippen molar-refractivity contribution >= 4 is 51.9 Å². The van der Waals surface area contributed by atoms with E-state index in [1.54, 1.807) is 17.0 Å². The Balaban J connectivity index is 1.66. The molecule has 0 atom stereocenters. The van der Waals surface area contributed by atoms with Crippen molar-refractivity contribution in [2.24, 2.45) is 0 Å². The van der Waals surface area contributed by atoms with Gasteiger partial charge in [-0.15, -0.1) is 0 Å². The summed E-state index contributed by atoms with van der Waals surface area (Å²) in [4.78, 5) is 14.6. The second kappa shape index (κ2) is 11.6. The molecule has 0 unspecified atom stereocenters. The molecular weight excluding hydrogens is 466 g/mol. The first-order valence-electron chi connectivity index (χ1n) is 10.5. The number of para-hydroxylation sites is 1. The molecule has 3 rings (SSSR count). The molecule has 0 bridgehead atoms. The standard InChI is InChI=1S/C24H26ClNO4S2/c1-4-26-23(27)21(32-24(26)31)15-17-13-18(25)22(20(14-17)28-5-2)30-12-8-11-29-19-10-7-6-9-16(19)3/h6-7,9-10,13-15H,4-5,8,11-12H2,1-3H3/b21-15-. The molecule has 170 valence electrons. The molecule has 8 heteroatoms. The molecule has 0 N–H and O–H groups in total. The molecule has 1 aliphatic rings. The van der Waals surface area contributed by atoms with E-state index in [1.165, 1.54) is 11.8 Å². The quantitative estimate of drug-likeness (QED) is 0.227. The third kappa shape index (κ3) is 5.97. The fourth-order valence-corrected chi connectivity index (χ4v) is 4.79. The number of ether oxygens (including phenoxy) is 3.